The molecule has 0 atom stereocenters. The first-order valence-electron chi connectivity index (χ1n) is 5.35. The van der Waals surface area contributed by atoms with E-state index in [9.17, 15) is 8.42 Å². The quantitative estimate of drug-likeness (QED) is 0.790. The Balaban J connectivity index is 3.42. The lowest BCUT2D eigenvalue weighted by Gasteiger charge is -2.26. The van der Waals surface area contributed by atoms with Crippen LogP contribution in [0.2, 0.25) is 0 Å². The van der Waals surface area contributed by atoms with Crippen LogP contribution in [-0.2, 0) is 10.0 Å². The lowest BCUT2D eigenvalue weighted by Crippen LogP contribution is -2.29. The van der Waals surface area contributed by atoms with E-state index in [2.05, 4.69) is 4.72 Å². The molecule has 0 heterocycles. The molecule has 0 fully saturated rings. The highest BCUT2D eigenvalue weighted by Gasteiger charge is 2.20. The van der Waals surface area contributed by atoms with Crippen molar-refractivity contribution >= 4 is 21.4 Å². The van der Waals surface area contributed by atoms with Gasteiger partial charge in [-0.15, -0.1) is 0 Å². The topological polar surface area (TPSA) is 75.4 Å². The fourth-order valence-corrected chi connectivity index (χ4v) is 2.42. The van der Waals surface area contributed by atoms with E-state index in [0.717, 1.165) is 0 Å². The third kappa shape index (κ3) is 2.89. The molecule has 1 aromatic rings. The highest BCUT2D eigenvalue weighted by molar-refractivity contribution is 7.89. The average Bonchev–Trinajstić information content (AvgIpc) is 2.28. The monoisotopic (exact) mass is 257 g/mol. The molecule has 0 spiro atoms. The first-order chi connectivity index (χ1) is 7.79. The molecule has 1 rings (SSSR count). The molecule has 0 unspecified atom stereocenters. The van der Waals surface area contributed by atoms with E-state index in [4.69, 9.17) is 5.73 Å². The smallest absolute Gasteiger partial charge is 0.242 e. The molecule has 0 saturated carbocycles. The Kier molecular flexibility index (Phi) is 4.00. The van der Waals surface area contributed by atoms with Gasteiger partial charge in [0.25, 0.3) is 0 Å². The van der Waals surface area contributed by atoms with Crippen molar-refractivity contribution in [3.63, 3.8) is 0 Å². The molecule has 0 bridgehead atoms. The number of nitrogen functional groups attached to an aromatic ring is 1. The molecule has 0 aliphatic heterocycles. The summed E-state index contributed by atoms with van der Waals surface area (Å²) >= 11 is 0. The van der Waals surface area contributed by atoms with Gasteiger partial charge < -0.3 is 10.6 Å². The lowest BCUT2D eigenvalue weighted by molar-refractivity contribution is 0.587. The van der Waals surface area contributed by atoms with Crippen molar-refractivity contribution in [2.24, 2.45) is 0 Å². The molecule has 0 aliphatic rings. The van der Waals surface area contributed by atoms with Crippen molar-refractivity contribution in [1.82, 2.24) is 4.72 Å². The minimum absolute atomic E-state index is 0.199. The van der Waals surface area contributed by atoms with E-state index in [0.29, 0.717) is 11.4 Å². The van der Waals surface area contributed by atoms with E-state index in [-0.39, 0.29) is 10.9 Å². The summed E-state index contributed by atoms with van der Waals surface area (Å²) in [6.07, 6.45) is 0. The summed E-state index contributed by atoms with van der Waals surface area (Å²) in [6.45, 7) is 3.98. The molecule has 17 heavy (non-hydrogen) atoms. The summed E-state index contributed by atoms with van der Waals surface area (Å²) in [4.78, 5) is 2.10. The number of nitrogens with zero attached hydrogens (tertiary/aromatic N) is 1. The Hall–Kier alpha value is -1.27. The van der Waals surface area contributed by atoms with Crippen LogP contribution >= 0.6 is 0 Å². The van der Waals surface area contributed by atoms with Gasteiger partial charge in [0.05, 0.1) is 5.69 Å². The van der Waals surface area contributed by atoms with Crippen LogP contribution in [0.3, 0.4) is 0 Å². The molecule has 0 aromatic heterocycles. The van der Waals surface area contributed by atoms with Crippen molar-refractivity contribution < 1.29 is 8.42 Å². The lowest BCUT2D eigenvalue weighted by atomic mass is 10.2. The van der Waals surface area contributed by atoms with Crippen LogP contribution in [0.15, 0.2) is 23.1 Å². The van der Waals surface area contributed by atoms with Crippen LogP contribution in [0, 0.1) is 0 Å². The molecular formula is C11H19N3O2S. The number of nitrogens with one attached hydrogen (secondary N) is 1. The largest absolute Gasteiger partial charge is 0.399 e. The summed E-state index contributed by atoms with van der Waals surface area (Å²) in [5, 5.41) is 0. The van der Waals surface area contributed by atoms with Gasteiger partial charge in [0, 0.05) is 18.8 Å². The molecule has 5 nitrogen and oxygen atoms in total. The van der Waals surface area contributed by atoms with Crippen molar-refractivity contribution in [2.45, 2.75) is 24.8 Å². The zero-order valence-corrected chi connectivity index (χ0v) is 11.4. The minimum atomic E-state index is -3.50. The average molecular weight is 257 g/mol. The normalized spacial score (nSPS) is 11.8. The van der Waals surface area contributed by atoms with Gasteiger partial charge in [-0.3, -0.25) is 0 Å². The van der Waals surface area contributed by atoms with Gasteiger partial charge in [-0.2, -0.15) is 0 Å². The molecule has 1 aromatic carbocycles. The zero-order chi connectivity index (χ0) is 13.2. The van der Waals surface area contributed by atoms with Gasteiger partial charge in [0.2, 0.25) is 10.0 Å². The number of benzene rings is 1. The highest BCUT2D eigenvalue weighted by Crippen LogP contribution is 2.27. The van der Waals surface area contributed by atoms with Crippen LogP contribution < -0.4 is 15.4 Å². The number of sulfonamides is 1. The number of nitrogens with two attached hydrogens (primary N) is 1. The Bertz CT molecular complexity index is 497. The van der Waals surface area contributed by atoms with Crippen LogP contribution in [0.1, 0.15) is 13.8 Å². The van der Waals surface area contributed by atoms with Crippen molar-refractivity contribution in [3.8, 4) is 0 Å². The molecule has 0 saturated heterocycles. The molecule has 0 aliphatic carbocycles. The van der Waals surface area contributed by atoms with Crippen LogP contribution in [0.25, 0.3) is 0 Å². The molecule has 96 valence electrons. The third-order valence-corrected chi connectivity index (χ3v) is 4.14. The number of rotatable bonds is 4. The van der Waals surface area contributed by atoms with Gasteiger partial charge in [-0.1, -0.05) is 0 Å². The van der Waals surface area contributed by atoms with Crippen LogP contribution in [0.4, 0.5) is 11.4 Å². The van der Waals surface area contributed by atoms with E-state index < -0.39 is 10.0 Å². The van der Waals surface area contributed by atoms with E-state index in [1.807, 2.05) is 25.8 Å². The summed E-state index contributed by atoms with van der Waals surface area (Å²) in [5.74, 6) is 0. The zero-order valence-electron chi connectivity index (χ0n) is 10.6. The number of hydrogen-bond acceptors (Lipinski definition) is 4. The van der Waals surface area contributed by atoms with Gasteiger partial charge in [0.1, 0.15) is 4.90 Å². The molecule has 0 radical (unpaired) electrons. The van der Waals surface area contributed by atoms with Gasteiger partial charge in [-0.25, -0.2) is 13.1 Å². The maximum atomic E-state index is 11.9. The van der Waals surface area contributed by atoms with E-state index in [1.165, 1.54) is 13.1 Å². The molecule has 6 heteroatoms. The minimum Gasteiger partial charge on any atom is -0.399 e. The maximum Gasteiger partial charge on any atom is 0.242 e. The second-order valence-electron chi connectivity index (χ2n) is 4.14. The van der Waals surface area contributed by atoms with Gasteiger partial charge in [0.15, 0.2) is 0 Å². The molecular weight excluding hydrogens is 238 g/mol. The van der Waals surface area contributed by atoms with Gasteiger partial charge >= 0.3 is 0 Å². The predicted molar refractivity (Wildman–Crippen MR) is 70.6 cm³/mol. The Morgan fingerprint density at radius 2 is 1.94 bits per heavy atom. The summed E-state index contributed by atoms with van der Waals surface area (Å²) in [5.41, 5.74) is 6.72. The Morgan fingerprint density at radius 1 is 1.35 bits per heavy atom. The predicted octanol–water partition coefficient (Wildman–Crippen LogP) is 1.02. The third-order valence-electron chi connectivity index (χ3n) is 2.70. The van der Waals surface area contributed by atoms with E-state index >= 15 is 0 Å². The molecule has 3 N–H and O–H groups in total. The standard InChI is InChI=1S/C11H19N3O2S/c1-8(2)14(4)10-6-5-9(12)7-11(10)17(15,16)13-3/h5-8,13H,12H2,1-4H3. The van der Waals surface area contributed by atoms with Crippen LogP contribution in [0.5, 0.6) is 0 Å². The second kappa shape index (κ2) is 4.93. The first-order valence-corrected chi connectivity index (χ1v) is 6.84. The maximum absolute atomic E-state index is 11.9. The van der Waals surface area contributed by atoms with Crippen LogP contribution in [-0.4, -0.2) is 28.6 Å². The summed E-state index contributed by atoms with van der Waals surface area (Å²) < 4.78 is 26.1. The van der Waals surface area contributed by atoms with Gasteiger partial charge in [-0.05, 0) is 39.1 Å². The molecule has 0 amide bonds. The fraction of sp³-hybridized carbons (Fsp3) is 0.455. The highest BCUT2D eigenvalue weighted by atomic mass is 32.2. The van der Waals surface area contributed by atoms with E-state index in [1.54, 1.807) is 12.1 Å². The fourth-order valence-electron chi connectivity index (χ4n) is 1.43. The number of hydrogen-bond donors (Lipinski definition) is 2. The summed E-state index contributed by atoms with van der Waals surface area (Å²) in [7, 11) is -0.263. The van der Waals surface area contributed by atoms with Crippen molar-refractivity contribution in [1.29, 1.82) is 0 Å². The number of anilines is 2. The SMILES string of the molecule is CNS(=O)(=O)c1cc(N)ccc1N(C)C(C)C. The summed E-state index contributed by atoms with van der Waals surface area (Å²) in [6, 6.07) is 5.09. The van der Waals surface area contributed by atoms with Crippen molar-refractivity contribution in [3.05, 3.63) is 18.2 Å². The Labute approximate surface area is 103 Å². The van der Waals surface area contributed by atoms with Crippen molar-refractivity contribution in [2.75, 3.05) is 24.7 Å². The Morgan fingerprint density at radius 3 is 2.41 bits per heavy atom. The second-order valence-corrected chi connectivity index (χ2v) is 5.99. The first kappa shape index (κ1) is 13.8.